The number of carbonyl (C=O) groups is 1. The van der Waals surface area contributed by atoms with Gasteiger partial charge in [-0.15, -0.1) is 10.2 Å². The van der Waals surface area contributed by atoms with Crippen molar-refractivity contribution < 1.29 is 9.53 Å². The monoisotopic (exact) mass is 310 g/mol. The lowest BCUT2D eigenvalue weighted by Gasteiger charge is -2.06. The summed E-state index contributed by atoms with van der Waals surface area (Å²) in [6.07, 6.45) is 1.58. The van der Waals surface area contributed by atoms with Crippen molar-refractivity contribution in [3.05, 3.63) is 57.8 Å². The van der Waals surface area contributed by atoms with Gasteiger partial charge in [0, 0.05) is 0 Å². The van der Waals surface area contributed by atoms with Crippen LogP contribution in [0.4, 0.5) is 0 Å². The SMILES string of the molecule is O=C(OCCCc1ccccc1)c1cc(Cl)nnc1Cl. The van der Waals surface area contributed by atoms with E-state index in [1.165, 1.54) is 11.6 Å². The Hall–Kier alpha value is -1.65. The van der Waals surface area contributed by atoms with E-state index in [2.05, 4.69) is 10.2 Å². The molecule has 104 valence electrons. The molecule has 0 bridgehead atoms. The molecule has 6 heteroatoms. The number of hydrogen-bond donors (Lipinski definition) is 0. The van der Waals surface area contributed by atoms with Crippen molar-refractivity contribution in [2.45, 2.75) is 12.8 Å². The average molecular weight is 311 g/mol. The minimum absolute atomic E-state index is 0.0116. The summed E-state index contributed by atoms with van der Waals surface area (Å²) in [6.45, 7) is 0.310. The molecule has 1 heterocycles. The van der Waals surface area contributed by atoms with Crippen LogP contribution in [0.15, 0.2) is 36.4 Å². The normalized spacial score (nSPS) is 10.3. The van der Waals surface area contributed by atoms with Gasteiger partial charge < -0.3 is 4.74 Å². The van der Waals surface area contributed by atoms with E-state index in [-0.39, 0.29) is 15.9 Å². The van der Waals surface area contributed by atoms with Crippen LogP contribution in [0.2, 0.25) is 10.3 Å². The predicted octanol–water partition coefficient (Wildman–Crippen LogP) is 3.57. The summed E-state index contributed by atoms with van der Waals surface area (Å²) >= 11 is 11.4. The Morgan fingerprint density at radius 2 is 1.90 bits per heavy atom. The summed E-state index contributed by atoms with van der Waals surface area (Å²) in [5, 5.41) is 7.18. The molecule has 0 aliphatic heterocycles. The third kappa shape index (κ3) is 4.18. The van der Waals surface area contributed by atoms with Gasteiger partial charge >= 0.3 is 5.97 Å². The molecule has 0 fully saturated rings. The quantitative estimate of drug-likeness (QED) is 0.625. The van der Waals surface area contributed by atoms with E-state index in [4.69, 9.17) is 27.9 Å². The molecule has 2 aromatic rings. The zero-order chi connectivity index (χ0) is 14.4. The third-order valence-corrected chi connectivity index (χ3v) is 3.09. The summed E-state index contributed by atoms with van der Waals surface area (Å²) in [5.41, 5.74) is 1.33. The van der Waals surface area contributed by atoms with Gasteiger partial charge in [-0.3, -0.25) is 0 Å². The van der Waals surface area contributed by atoms with Crippen molar-refractivity contribution in [2.24, 2.45) is 0 Å². The summed E-state index contributed by atoms with van der Waals surface area (Å²) < 4.78 is 5.14. The summed E-state index contributed by atoms with van der Waals surface area (Å²) in [7, 11) is 0. The van der Waals surface area contributed by atoms with Crippen molar-refractivity contribution in [1.82, 2.24) is 10.2 Å². The fraction of sp³-hybridized carbons (Fsp3) is 0.214. The Balaban J connectivity index is 1.82. The average Bonchev–Trinajstić information content (AvgIpc) is 2.47. The zero-order valence-corrected chi connectivity index (χ0v) is 12.1. The Bertz CT molecular complexity index is 591. The van der Waals surface area contributed by atoms with Crippen molar-refractivity contribution >= 4 is 29.2 Å². The van der Waals surface area contributed by atoms with Gasteiger partial charge in [0.1, 0.15) is 5.56 Å². The van der Waals surface area contributed by atoms with Gasteiger partial charge in [0.15, 0.2) is 10.3 Å². The maximum absolute atomic E-state index is 11.8. The van der Waals surface area contributed by atoms with Crippen molar-refractivity contribution in [3.63, 3.8) is 0 Å². The fourth-order valence-electron chi connectivity index (χ4n) is 1.66. The Morgan fingerprint density at radius 3 is 2.65 bits per heavy atom. The first-order valence-corrected chi connectivity index (χ1v) is 6.82. The van der Waals surface area contributed by atoms with Gasteiger partial charge in [0.25, 0.3) is 0 Å². The van der Waals surface area contributed by atoms with Crippen molar-refractivity contribution in [1.29, 1.82) is 0 Å². The molecule has 0 saturated heterocycles. The fourth-order valence-corrected chi connectivity index (χ4v) is 1.98. The number of halogens is 2. The molecule has 0 aliphatic carbocycles. The highest BCUT2D eigenvalue weighted by Crippen LogP contribution is 2.16. The molecule has 0 radical (unpaired) electrons. The molecule has 0 saturated carbocycles. The lowest BCUT2D eigenvalue weighted by molar-refractivity contribution is 0.0500. The number of benzene rings is 1. The number of ether oxygens (including phenoxy) is 1. The Labute approximate surface area is 126 Å². The molecule has 1 aromatic carbocycles. The number of aryl methyl sites for hydroxylation is 1. The summed E-state index contributed by atoms with van der Waals surface area (Å²) in [5.74, 6) is -0.542. The molecule has 2 rings (SSSR count). The third-order valence-electron chi connectivity index (χ3n) is 2.62. The van der Waals surface area contributed by atoms with E-state index in [1.807, 2.05) is 30.3 Å². The Kier molecular flexibility index (Phi) is 5.32. The van der Waals surface area contributed by atoms with Crippen LogP contribution in [-0.2, 0) is 11.2 Å². The maximum Gasteiger partial charge on any atom is 0.341 e. The van der Waals surface area contributed by atoms with E-state index >= 15 is 0 Å². The van der Waals surface area contributed by atoms with Gasteiger partial charge in [-0.25, -0.2) is 4.79 Å². The summed E-state index contributed by atoms with van der Waals surface area (Å²) in [4.78, 5) is 11.8. The number of hydrogen-bond acceptors (Lipinski definition) is 4. The van der Waals surface area contributed by atoms with Crippen molar-refractivity contribution in [2.75, 3.05) is 6.61 Å². The van der Waals surface area contributed by atoms with Crippen LogP contribution >= 0.6 is 23.2 Å². The second kappa shape index (κ2) is 7.22. The number of nitrogens with zero attached hydrogens (tertiary/aromatic N) is 2. The smallest absolute Gasteiger partial charge is 0.341 e. The number of carbonyl (C=O) groups excluding carboxylic acids is 1. The Morgan fingerprint density at radius 1 is 1.15 bits per heavy atom. The van der Waals surface area contributed by atoms with Gasteiger partial charge in [-0.05, 0) is 24.5 Å². The van der Waals surface area contributed by atoms with Gasteiger partial charge in [-0.2, -0.15) is 0 Å². The van der Waals surface area contributed by atoms with E-state index in [0.717, 1.165) is 12.8 Å². The molecule has 0 unspecified atom stereocenters. The molecular formula is C14H12Cl2N2O2. The lowest BCUT2D eigenvalue weighted by atomic mass is 10.1. The molecule has 20 heavy (non-hydrogen) atoms. The minimum Gasteiger partial charge on any atom is -0.462 e. The highest BCUT2D eigenvalue weighted by molar-refractivity contribution is 6.33. The second-order valence-corrected chi connectivity index (χ2v) is 4.84. The first-order chi connectivity index (χ1) is 9.66. The van der Waals surface area contributed by atoms with Crippen LogP contribution in [-0.4, -0.2) is 22.8 Å². The number of aromatic nitrogens is 2. The van der Waals surface area contributed by atoms with Crippen LogP contribution in [0.1, 0.15) is 22.3 Å². The molecule has 0 atom stereocenters. The zero-order valence-electron chi connectivity index (χ0n) is 10.6. The standard InChI is InChI=1S/C14H12Cl2N2O2/c15-12-9-11(13(16)18-17-12)14(19)20-8-4-7-10-5-2-1-3-6-10/h1-3,5-6,9H,4,7-8H2. The molecule has 0 aliphatic rings. The molecule has 0 spiro atoms. The number of rotatable bonds is 5. The second-order valence-electron chi connectivity index (χ2n) is 4.10. The molecule has 4 nitrogen and oxygen atoms in total. The minimum atomic E-state index is -0.542. The molecular weight excluding hydrogens is 299 g/mol. The lowest BCUT2D eigenvalue weighted by Crippen LogP contribution is -2.09. The molecule has 1 aromatic heterocycles. The van der Waals surface area contributed by atoms with Gasteiger partial charge in [0.2, 0.25) is 0 Å². The molecule has 0 N–H and O–H groups in total. The highest BCUT2D eigenvalue weighted by atomic mass is 35.5. The van der Waals surface area contributed by atoms with Crippen LogP contribution < -0.4 is 0 Å². The van der Waals surface area contributed by atoms with Gasteiger partial charge in [0.05, 0.1) is 6.61 Å². The van der Waals surface area contributed by atoms with Crippen molar-refractivity contribution in [3.8, 4) is 0 Å². The maximum atomic E-state index is 11.8. The van der Waals surface area contributed by atoms with E-state index in [1.54, 1.807) is 0 Å². The van der Waals surface area contributed by atoms with Gasteiger partial charge in [-0.1, -0.05) is 53.5 Å². The summed E-state index contributed by atoms with van der Waals surface area (Å²) in [6, 6.07) is 11.3. The van der Waals surface area contributed by atoms with Crippen LogP contribution in [0.25, 0.3) is 0 Å². The van der Waals surface area contributed by atoms with E-state index in [9.17, 15) is 4.79 Å². The molecule has 0 amide bonds. The number of esters is 1. The van der Waals surface area contributed by atoms with E-state index < -0.39 is 5.97 Å². The first-order valence-electron chi connectivity index (χ1n) is 6.06. The highest BCUT2D eigenvalue weighted by Gasteiger charge is 2.14. The van der Waals surface area contributed by atoms with E-state index in [0.29, 0.717) is 6.61 Å². The topological polar surface area (TPSA) is 52.1 Å². The predicted molar refractivity (Wildman–Crippen MR) is 77.1 cm³/mol. The van der Waals surface area contributed by atoms with Crippen LogP contribution in [0.5, 0.6) is 0 Å². The van der Waals surface area contributed by atoms with Crippen LogP contribution in [0.3, 0.4) is 0 Å². The first kappa shape index (κ1) is 14.8. The largest absolute Gasteiger partial charge is 0.462 e. The van der Waals surface area contributed by atoms with Crippen LogP contribution in [0, 0.1) is 0 Å².